The van der Waals surface area contributed by atoms with Gasteiger partial charge in [-0.25, -0.2) is 0 Å². The van der Waals surface area contributed by atoms with Crippen molar-refractivity contribution in [1.82, 2.24) is 10.7 Å². The second-order valence-corrected chi connectivity index (χ2v) is 7.69. The zero-order valence-electron chi connectivity index (χ0n) is 15.8. The lowest BCUT2D eigenvalue weighted by Crippen LogP contribution is -2.42. The second kappa shape index (κ2) is 8.69. The first-order valence-corrected chi connectivity index (χ1v) is 10.1. The number of hydrogen-bond donors (Lipinski definition) is 2. The number of benzene rings is 3. The van der Waals surface area contributed by atoms with Gasteiger partial charge in [-0.1, -0.05) is 65.7 Å². The fourth-order valence-electron chi connectivity index (χ4n) is 3.39. The van der Waals surface area contributed by atoms with Crippen LogP contribution in [0.3, 0.4) is 0 Å². The van der Waals surface area contributed by atoms with Gasteiger partial charge < -0.3 is 5.32 Å². The van der Waals surface area contributed by atoms with E-state index in [1.54, 1.807) is 41.2 Å². The van der Waals surface area contributed by atoms with Crippen molar-refractivity contribution in [2.75, 3.05) is 0 Å². The second-order valence-electron chi connectivity index (χ2n) is 6.85. The third-order valence-electron chi connectivity index (χ3n) is 4.85. The first-order valence-electron chi connectivity index (χ1n) is 9.32. The molecule has 150 valence electrons. The molecule has 30 heavy (non-hydrogen) atoms. The van der Waals surface area contributed by atoms with E-state index in [9.17, 15) is 9.59 Å². The predicted molar refractivity (Wildman–Crippen MR) is 117 cm³/mol. The SMILES string of the molecule is O=C(N[C@H]1C(=O)N/[N+](=C\c2ccccc2Cl)[C@H]1c1ccccc1)c1ccc(Cl)cc1. The molecule has 3 aromatic rings. The Balaban J connectivity index is 1.70. The average molecular weight is 439 g/mol. The first-order chi connectivity index (χ1) is 14.5. The fourth-order valence-corrected chi connectivity index (χ4v) is 3.70. The first kappa shape index (κ1) is 20.1. The van der Waals surface area contributed by atoms with E-state index < -0.39 is 12.1 Å². The quantitative estimate of drug-likeness (QED) is 0.604. The molecule has 3 aromatic carbocycles. The van der Waals surface area contributed by atoms with Crippen molar-refractivity contribution in [3.63, 3.8) is 0 Å². The molecule has 7 heteroatoms. The van der Waals surface area contributed by atoms with Gasteiger partial charge in [0.2, 0.25) is 12.3 Å². The number of nitrogens with zero attached hydrogens (tertiary/aromatic N) is 1. The average Bonchev–Trinajstić information content (AvgIpc) is 3.05. The Labute approximate surface area is 183 Å². The van der Waals surface area contributed by atoms with Crippen molar-refractivity contribution in [3.05, 3.63) is 106 Å². The number of nitrogens with one attached hydrogen (secondary N) is 2. The van der Waals surface area contributed by atoms with Crippen LogP contribution in [-0.4, -0.2) is 28.8 Å². The van der Waals surface area contributed by atoms with Gasteiger partial charge >= 0.3 is 5.91 Å². The molecule has 0 bridgehead atoms. The summed E-state index contributed by atoms with van der Waals surface area (Å²) >= 11 is 12.2. The number of rotatable bonds is 4. The van der Waals surface area contributed by atoms with Crippen LogP contribution in [0, 0.1) is 0 Å². The molecule has 1 saturated heterocycles. The Morgan fingerprint density at radius 1 is 0.933 bits per heavy atom. The molecular weight excluding hydrogens is 421 g/mol. The van der Waals surface area contributed by atoms with Gasteiger partial charge in [-0.15, -0.1) is 10.1 Å². The van der Waals surface area contributed by atoms with Gasteiger partial charge in [-0.2, -0.15) is 0 Å². The van der Waals surface area contributed by atoms with Gasteiger partial charge in [0.25, 0.3) is 5.91 Å². The summed E-state index contributed by atoms with van der Waals surface area (Å²) in [5.41, 5.74) is 4.89. The number of hydrogen-bond acceptors (Lipinski definition) is 2. The van der Waals surface area contributed by atoms with Crippen molar-refractivity contribution in [3.8, 4) is 0 Å². The number of hydrazine groups is 1. The van der Waals surface area contributed by atoms with Gasteiger partial charge in [-0.05, 0) is 36.4 Å². The van der Waals surface area contributed by atoms with Gasteiger partial charge in [0.1, 0.15) is 0 Å². The summed E-state index contributed by atoms with van der Waals surface area (Å²) in [6, 6.07) is 22.1. The Bertz CT molecular complexity index is 1110. The molecule has 0 saturated carbocycles. The van der Waals surface area contributed by atoms with Crippen molar-refractivity contribution < 1.29 is 14.3 Å². The van der Waals surface area contributed by atoms with E-state index >= 15 is 0 Å². The van der Waals surface area contributed by atoms with E-state index in [-0.39, 0.29) is 11.8 Å². The summed E-state index contributed by atoms with van der Waals surface area (Å²) in [6.07, 6.45) is 1.77. The maximum atomic E-state index is 12.8. The van der Waals surface area contributed by atoms with Crippen LogP contribution in [-0.2, 0) is 4.79 Å². The summed E-state index contributed by atoms with van der Waals surface area (Å²) in [5, 5.41) is 3.95. The molecule has 1 aliphatic heterocycles. The summed E-state index contributed by atoms with van der Waals surface area (Å²) < 4.78 is 1.69. The van der Waals surface area contributed by atoms with Crippen LogP contribution in [0.2, 0.25) is 10.0 Å². The van der Waals surface area contributed by atoms with Crippen molar-refractivity contribution in [2.24, 2.45) is 0 Å². The Kier molecular flexibility index (Phi) is 5.84. The highest BCUT2D eigenvalue weighted by Gasteiger charge is 2.47. The summed E-state index contributed by atoms with van der Waals surface area (Å²) in [5.74, 6) is -0.665. The van der Waals surface area contributed by atoms with Crippen LogP contribution in [0.25, 0.3) is 0 Å². The third-order valence-corrected chi connectivity index (χ3v) is 5.45. The largest absolute Gasteiger partial charge is 0.334 e. The van der Waals surface area contributed by atoms with Crippen molar-refractivity contribution >= 4 is 41.2 Å². The molecule has 2 amide bonds. The molecule has 0 spiro atoms. The summed E-state index contributed by atoms with van der Waals surface area (Å²) in [7, 11) is 0. The molecule has 1 heterocycles. The lowest BCUT2D eigenvalue weighted by atomic mass is 10.00. The minimum Gasteiger partial charge on any atom is -0.334 e. The van der Waals surface area contributed by atoms with Gasteiger partial charge in [0, 0.05) is 16.1 Å². The molecule has 2 atom stereocenters. The normalized spacial score (nSPS) is 19.5. The van der Waals surface area contributed by atoms with Crippen LogP contribution in [0.15, 0.2) is 78.9 Å². The standard InChI is InChI=1S/C23H17Cl2N3O2/c24-18-12-10-16(11-13-18)22(29)26-20-21(15-6-2-1-3-7-15)28(27-23(20)30)14-17-8-4-5-9-19(17)25/h1-14,20-21H,(H-,26,27,29,30)/p+1/b28-14-/t20-,21+/m1/s1. The number of hydrazone groups is 1. The summed E-state index contributed by atoms with van der Waals surface area (Å²) in [4.78, 5) is 25.6. The fraction of sp³-hybridized carbons (Fsp3) is 0.0870. The van der Waals surface area contributed by atoms with Crippen LogP contribution >= 0.6 is 23.2 Å². The molecule has 1 aliphatic rings. The highest BCUT2D eigenvalue weighted by Crippen LogP contribution is 2.26. The minimum atomic E-state index is -0.797. The molecule has 1 fully saturated rings. The molecule has 0 aliphatic carbocycles. The molecule has 0 aromatic heterocycles. The number of halogens is 2. The van der Waals surface area contributed by atoms with Gasteiger partial charge in [0.05, 0.1) is 10.6 Å². The Morgan fingerprint density at radius 2 is 1.60 bits per heavy atom. The maximum Gasteiger partial charge on any atom is 0.304 e. The monoisotopic (exact) mass is 438 g/mol. The van der Waals surface area contributed by atoms with E-state index in [4.69, 9.17) is 23.2 Å². The number of amides is 2. The van der Waals surface area contributed by atoms with Crippen LogP contribution in [0.5, 0.6) is 0 Å². The third kappa shape index (κ3) is 4.22. The molecule has 5 nitrogen and oxygen atoms in total. The van der Waals surface area contributed by atoms with E-state index in [0.29, 0.717) is 15.6 Å². The smallest absolute Gasteiger partial charge is 0.304 e. The van der Waals surface area contributed by atoms with E-state index in [1.807, 2.05) is 48.5 Å². The van der Waals surface area contributed by atoms with Gasteiger partial charge in [0.15, 0.2) is 6.04 Å². The highest BCUT2D eigenvalue weighted by molar-refractivity contribution is 6.33. The molecule has 2 N–H and O–H groups in total. The van der Waals surface area contributed by atoms with Crippen molar-refractivity contribution in [2.45, 2.75) is 12.1 Å². The molecule has 0 unspecified atom stereocenters. The Morgan fingerprint density at radius 3 is 2.30 bits per heavy atom. The maximum absolute atomic E-state index is 12.8. The Hall–Kier alpha value is -3.15. The van der Waals surface area contributed by atoms with Gasteiger partial charge in [-0.3, -0.25) is 9.59 Å². The van der Waals surface area contributed by atoms with Crippen LogP contribution in [0.1, 0.15) is 27.5 Å². The van der Waals surface area contributed by atoms with Crippen molar-refractivity contribution in [1.29, 1.82) is 0 Å². The molecule has 0 radical (unpaired) electrons. The highest BCUT2D eigenvalue weighted by atomic mass is 35.5. The zero-order chi connectivity index (χ0) is 21.1. The molecule has 4 rings (SSSR count). The molecular formula is C23H18Cl2N3O2+. The topological polar surface area (TPSA) is 61.2 Å². The summed E-state index contributed by atoms with van der Waals surface area (Å²) in [6.45, 7) is 0. The van der Waals surface area contributed by atoms with Crippen LogP contribution < -0.4 is 10.7 Å². The zero-order valence-corrected chi connectivity index (χ0v) is 17.3. The number of carbonyl (C=O) groups is 2. The van der Waals surface area contributed by atoms with Crippen LogP contribution in [0.4, 0.5) is 0 Å². The predicted octanol–water partition coefficient (Wildman–Crippen LogP) is 4.01. The minimum absolute atomic E-state index is 0.311. The van der Waals surface area contributed by atoms with E-state index in [0.717, 1.165) is 11.1 Å². The van der Waals surface area contributed by atoms with E-state index in [2.05, 4.69) is 10.7 Å². The number of carbonyl (C=O) groups excluding carboxylic acids is 2. The lowest BCUT2D eigenvalue weighted by Gasteiger charge is -2.14. The van der Waals surface area contributed by atoms with E-state index in [1.165, 1.54) is 0 Å². The lowest BCUT2D eigenvalue weighted by molar-refractivity contribution is -0.596.